The molecular formula is C18H23FN2. The van der Waals surface area contributed by atoms with Gasteiger partial charge in [-0.2, -0.15) is 0 Å². The minimum atomic E-state index is -0.185. The Balaban J connectivity index is 2.38. The minimum Gasteiger partial charge on any atom is -0.344 e. The third-order valence-electron chi connectivity index (χ3n) is 3.87. The molecule has 0 aliphatic rings. The van der Waals surface area contributed by atoms with Crippen LogP contribution in [0.2, 0.25) is 0 Å². The van der Waals surface area contributed by atoms with Gasteiger partial charge in [-0.05, 0) is 44.0 Å². The number of nitrogens with two attached hydrogens (primary N) is 1. The monoisotopic (exact) mass is 286 g/mol. The highest BCUT2D eigenvalue weighted by Gasteiger charge is 2.15. The largest absolute Gasteiger partial charge is 0.344 e. The first kappa shape index (κ1) is 15.5. The molecule has 0 heterocycles. The van der Waals surface area contributed by atoms with Crippen molar-refractivity contribution in [3.63, 3.8) is 0 Å². The second-order valence-corrected chi connectivity index (χ2v) is 5.50. The van der Waals surface area contributed by atoms with E-state index in [1.54, 1.807) is 6.07 Å². The molecule has 0 saturated carbocycles. The molecule has 2 aromatic rings. The summed E-state index contributed by atoms with van der Waals surface area (Å²) >= 11 is 0. The SMILES string of the molecule is CCC(N)Cc1c(F)cccc1N(C)c1ccc(C)cc1. The fourth-order valence-electron chi connectivity index (χ4n) is 2.38. The van der Waals surface area contributed by atoms with Crippen molar-refractivity contribution < 1.29 is 4.39 Å². The quantitative estimate of drug-likeness (QED) is 0.893. The van der Waals surface area contributed by atoms with Crippen molar-refractivity contribution in [2.75, 3.05) is 11.9 Å². The second-order valence-electron chi connectivity index (χ2n) is 5.50. The Kier molecular flexibility index (Phi) is 4.97. The van der Waals surface area contributed by atoms with Gasteiger partial charge in [-0.15, -0.1) is 0 Å². The average Bonchev–Trinajstić information content (AvgIpc) is 2.49. The first-order valence-electron chi connectivity index (χ1n) is 7.36. The average molecular weight is 286 g/mol. The molecule has 112 valence electrons. The summed E-state index contributed by atoms with van der Waals surface area (Å²) in [6.45, 7) is 4.08. The van der Waals surface area contributed by atoms with Gasteiger partial charge in [0.15, 0.2) is 0 Å². The van der Waals surface area contributed by atoms with Crippen molar-refractivity contribution in [2.45, 2.75) is 32.7 Å². The highest BCUT2D eigenvalue weighted by atomic mass is 19.1. The number of hydrogen-bond donors (Lipinski definition) is 1. The van der Waals surface area contributed by atoms with Crippen LogP contribution in [-0.4, -0.2) is 13.1 Å². The zero-order valence-corrected chi connectivity index (χ0v) is 12.9. The summed E-state index contributed by atoms with van der Waals surface area (Å²) in [6, 6.07) is 13.4. The maximum Gasteiger partial charge on any atom is 0.128 e. The molecule has 2 rings (SSSR count). The normalized spacial score (nSPS) is 12.2. The number of hydrogen-bond acceptors (Lipinski definition) is 2. The summed E-state index contributed by atoms with van der Waals surface area (Å²) in [6.07, 6.45) is 1.39. The number of rotatable bonds is 5. The van der Waals surface area contributed by atoms with E-state index in [0.717, 1.165) is 17.8 Å². The van der Waals surface area contributed by atoms with Crippen LogP contribution in [0, 0.1) is 12.7 Å². The Morgan fingerprint density at radius 2 is 1.81 bits per heavy atom. The Labute approximate surface area is 126 Å². The fourth-order valence-corrected chi connectivity index (χ4v) is 2.38. The predicted octanol–water partition coefficient (Wildman–Crippen LogP) is 4.18. The van der Waals surface area contributed by atoms with Gasteiger partial charge in [0.1, 0.15) is 5.82 Å². The van der Waals surface area contributed by atoms with Crippen molar-refractivity contribution in [1.29, 1.82) is 0 Å². The first-order chi connectivity index (χ1) is 10.0. The fraction of sp³-hybridized carbons (Fsp3) is 0.333. The van der Waals surface area contributed by atoms with Gasteiger partial charge in [0.2, 0.25) is 0 Å². The van der Waals surface area contributed by atoms with Gasteiger partial charge in [0, 0.05) is 30.0 Å². The van der Waals surface area contributed by atoms with E-state index in [1.807, 2.05) is 37.1 Å². The molecule has 2 N–H and O–H groups in total. The van der Waals surface area contributed by atoms with Gasteiger partial charge in [-0.3, -0.25) is 0 Å². The maximum atomic E-state index is 14.2. The molecule has 0 bridgehead atoms. The number of nitrogens with zero attached hydrogens (tertiary/aromatic N) is 1. The van der Waals surface area contributed by atoms with E-state index >= 15 is 0 Å². The molecule has 0 spiro atoms. The van der Waals surface area contributed by atoms with E-state index in [-0.39, 0.29) is 11.9 Å². The summed E-state index contributed by atoms with van der Waals surface area (Å²) < 4.78 is 14.2. The van der Waals surface area contributed by atoms with E-state index in [2.05, 4.69) is 19.1 Å². The molecule has 0 saturated heterocycles. The van der Waals surface area contributed by atoms with Crippen LogP contribution >= 0.6 is 0 Å². The zero-order chi connectivity index (χ0) is 15.4. The minimum absolute atomic E-state index is 0.0212. The Morgan fingerprint density at radius 1 is 1.14 bits per heavy atom. The van der Waals surface area contributed by atoms with Gasteiger partial charge in [0.05, 0.1) is 0 Å². The molecule has 2 nitrogen and oxygen atoms in total. The van der Waals surface area contributed by atoms with Crippen LogP contribution in [0.3, 0.4) is 0 Å². The summed E-state index contributed by atoms with van der Waals surface area (Å²) in [4.78, 5) is 2.01. The number of halogens is 1. The number of benzene rings is 2. The van der Waals surface area contributed by atoms with Crippen molar-refractivity contribution in [2.24, 2.45) is 5.73 Å². The molecule has 21 heavy (non-hydrogen) atoms. The van der Waals surface area contributed by atoms with Crippen LogP contribution < -0.4 is 10.6 Å². The van der Waals surface area contributed by atoms with Crippen molar-refractivity contribution in [1.82, 2.24) is 0 Å². The molecule has 3 heteroatoms. The molecule has 0 aliphatic carbocycles. The highest BCUT2D eigenvalue weighted by molar-refractivity contribution is 5.66. The Bertz CT molecular complexity index is 593. The van der Waals surface area contributed by atoms with Crippen molar-refractivity contribution in [3.8, 4) is 0 Å². The van der Waals surface area contributed by atoms with Crippen LogP contribution in [0.4, 0.5) is 15.8 Å². The van der Waals surface area contributed by atoms with E-state index in [0.29, 0.717) is 12.0 Å². The lowest BCUT2D eigenvalue weighted by Gasteiger charge is -2.24. The molecule has 0 amide bonds. The van der Waals surface area contributed by atoms with Crippen LogP contribution in [0.25, 0.3) is 0 Å². The molecule has 0 fully saturated rings. The third-order valence-corrected chi connectivity index (χ3v) is 3.87. The van der Waals surface area contributed by atoms with Crippen molar-refractivity contribution >= 4 is 11.4 Å². The highest BCUT2D eigenvalue weighted by Crippen LogP contribution is 2.29. The number of aryl methyl sites for hydroxylation is 1. The van der Waals surface area contributed by atoms with E-state index < -0.39 is 0 Å². The first-order valence-corrected chi connectivity index (χ1v) is 7.36. The van der Waals surface area contributed by atoms with E-state index in [9.17, 15) is 4.39 Å². The van der Waals surface area contributed by atoms with Crippen molar-refractivity contribution in [3.05, 3.63) is 59.4 Å². The smallest absolute Gasteiger partial charge is 0.128 e. The van der Waals surface area contributed by atoms with Gasteiger partial charge < -0.3 is 10.6 Å². The topological polar surface area (TPSA) is 29.3 Å². The van der Waals surface area contributed by atoms with Crippen LogP contribution in [0.1, 0.15) is 24.5 Å². The summed E-state index contributed by atoms with van der Waals surface area (Å²) in [5.41, 5.74) is 9.83. The molecule has 2 aromatic carbocycles. The lowest BCUT2D eigenvalue weighted by atomic mass is 10.0. The van der Waals surface area contributed by atoms with Gasteiger partial charge in [-0.25, -0.2) is 4.39 Å². The molecule has 0 aliphatic heterocycles. The Morgan fingerprint density at radius 3 is 2.43 bits per heavy atom. The molecule has 0 radical (unpaired) electrons. The summed E-state index contributed by atoms with van der Waals surface area (Å²) in [7, 11) is 1.96. The maximum absolute atomic E-state index is 14.2. The van der Waals surface area contributed by atoms with Crippen LogP contribution in [-0.2, 0) is 6.42 Å². The third kappa shape index (κ3) is 3.61. The lowest BCUT2D eigenvalue weighted by molar-refractivity contribution is 0.579. The van der Waals surface area contributed by atoms with Gasteiger partial charge in [0.25, 0.3) is 0 Å². The Hall–Kier alpha value is -1.87. The van der Waals surface area contributed by atoms with Crippen LogP contribution in [0.5, 0.6) is 0 Å². The molecule has 1 atom stereocenters. The molecule has 0 aromatic heterocycles. The summed E-state index contributed by atoms with van der Waals surface area (Å²) in [5, 5.41) is 0. The van der Waals surface area contributed by atoms with E-state index in [1.165, 1.54) is 11.6 Å². The predicted molar refractivity (Wildman–Crippen MR) is 87.6 cm³/mol. The van der Waals surface area contributed by atoms with E-state index in [4.69, 9.17) is 5.73 Å². The number of anilines is 2. The molecule has 1 unspecified atom stereocenters. The van der Waals surface area contributed by atoms with Gasteiger partial charge >= 0.3 is 0 Å². The molecular weight excluding hydrogens is 263 g/mol. The van der Waals surface area contributed by atoms with Crippen LogP contribution in [0.15, 0.2) is 42.5 Å². The standard InChI is InChI=1S/C18H23FN2/c1-4-14(20)12-16-17(19)6-5-7-18(16)21(3)15-10-8-13(2)9-11-15/h5-11,14H,4,12,20H2,1-3H3. The summed E-state index contributed by atoms with van der Waals surface area (Å²) in [5.74, 6) is -0.185. The van der Waals surface area contributed by atoms with Gasteiger partial charge in [-0.1, -0.05) is 30.7 Å². The second kappa shape index (κ2) is 6.72. The lowest BCUT2D eigenvalue weighted by Crippen LogP contribution is -2.24. The zero-order valence-electron chi connectivity index (χ0n) is 12.9.